The first-order valence-electron chi connectivity index (χ1n) is 3.87. The van der Waals surface area contributed by atoms with E-state index in [-0.39, 0.29) is 11.5 Å². The molecule has 0 nitrogen and oxygen atoms in total. The van der Waals surface area contributed by atoms with Gasteiger partial charge in [-0.15, -0.1) is 0 Å². The van der Waals surface area contributed by atoms with Gasteiger partial charge in [-0.1, -0.05) is 0 Å². The van der Waals surface area contributed by atoms with E-state index < -0.39 is 0 Å². The van der Waals surface area contributed by atoms with E-state index in [4.69, 9.17) is 0 Å². The fourth-order valence-corrected chi connectivity index (χ4v) is 10.2. The Kier molecular flexibility index (Phi) is 6.45. The molecule has 0 amide bonds. The van der Waals surface area contributed by atoms with Crippen LogP contribution in [0.15, 0.2) is 0 Å². The van der Waals surface area contributed by atoms with Crippen molar-refractivity contribution < 1.29 is 0 Å². The van der Waals surface area contributed by atoms with Crippen LogP contribution in [0.2, 0.25) is 37.7 Å². The molecule has 0 heterocycles. The summed E-state index contributed by atoms with van der Waals surface area (Å²) in [6.07, 6.45) is 0. The maximum atomic E-state index is 3.36. The number of rotatable bonds is 4. The first-order valence-corrected chi connectivity index (χ1v) is 10.6. The fourth-order valence-electron chi connectivity index (χ4n) is 0.812. The van der Waals surface area contributed by atoms with Crippen molar-refractivity contribution in [3.8, 4) is 0 Å². The van der Waals surface area contributed by atoms with Crippen molar-refractivity contribution in [2.75, 3.05) is 0 Å². The molecule has 0 aromatic carbocycles. The zero-order valence-corrected chi connectivity index (χ0v) is 10.8. The van der Waals surface area contributed by atoms with Gasteiger partial charge in [0.05, 0.1) is 0 Å². The van der Waals surface area contributed by atoms with E-state index >= 15 is 0 Å². The molecule has 0 fully saturated rings. The van der Waals surface area contributed by atoms with Gasteiger partial charge in [-0.2, -0.15) is 0 Å². The monoisotopic (exact) mass is 270 g/mol. The Morgan fingerprint density at radius 1 is 1.00 bits per heavy atom. The molecule has 0 saturated heterocycles. The van der Waals surface area contributed by atoms with Crippen molar-refractivity contribution in [2.24, 2.45) is 0 Å². The quantitative estimate of drug-likeness (QED) is 0.681. The maximum absolute atomic E-state index is 3.36. The van der Waals surface area contributed by atoms with Crippen LogP contribution in [0, 0.1) is 0 Å². The van der Waals surface area contributed by atoms with Gasteiger partial charge >= 0.3 is 76.3 Å². The number of hydrogen-bond donors (Lipinski definition) is 0. The van der Waals surface area contributed by atoms with Crippen molar-refractivity contribution in [3.63, 3.8) is 0 Å². The summed E-state index contributed by atoms with van der Waals surface area (Å²) >= 11 is 3.05. The molecule has 0 aromatic heterocycles. The van der Waals surface area contributed by atoms with E-state index in [1.54, 1.807) is 0 Å². The predicted molar refractivity (Wildman–Crippen MR) is 56.1 cm³/mol. The third-order valence-corrected chi connectivity index (χ3v) is 8.36. The van der Waals surface area contributed by atoms with Crippen molar-refractivity contribution >= 4 is 38.6 Å². The molecule has 4 heteroatoms. The van der Waals surface area contributed by atoms with Crippen LogP contribution < -0.4 is 0 Å². The van der Waals surface area contributed by atoms with Gasteiger partial charge < -0.3 is 0 Å². The van der Waals surface area contributed by atoms with Gasteiger partial charge in [-0.3, -0.25) is 0 Å². The summed E-state index contributed by atoms with van der Waals surface area (Å²) in [4.78, 5) is 0. The van der Waals surface area contributed by atoms with Gasteiger partial charge in [0, 0.05) is 0 Å². The molecule has 0 aliphatic carbocycles. The molecule has 0 unspecified atom stereocenters. The van der Waals surface area contributed by atoms with Crippen LogP contribution in [0.1, 0.15) is 0 Å². The van der Waals surface area contributed by atoms with Crippen LogP contribution in [-0.2, 0) is 0 Å². The Bertz CT molecular complexity index is 100. The van der Waals surface area contributed by atoms with Crippen molar-refractivity contribution in [1.29, 1.82) is 0 Å². The van der Waals surface area contributed by atoms with E-state index in [9.17, 15) is 0 Å². The molecule has 0 atom stereocenters. The minimum absolute atomic E-state index is 0.319. The van der Waals surface area contributed by atoms with Gasteiger partial charge in [-0.25, -0.2) is 0 Å². The normalized spacial score (nSPS) is 10.1. The molecule has 0 rings (SSSR count). The molecule has 0 saturated carbocycles. The first kappa shape index (κ1) is 11.2. The molecule has 0 aliphatic heterocycles. The summed E-state index contributed by atoms with van der Waals surface area (Å²) in [7, 11) is 0. The SMILES string of the molecule is CB(C)C[Se](=[Se])CB(C)C. The van der Waals surface area contributed by atoms with Crippen LogP contribution in [0.3, 0.4) is 0 Å². The summed E-state index contributed by atoms with van der Waals surface area (Å²) in [5.41, 5.74) is 0. The second-order valence-electron chi connectivity index (χ2n) is 3.56. The Balaban J connectivity index is 3.44. The van der Waals surface area contributed by atoms with E-state index in [1.165, 1.54) is 10.4 Å². The molecule has 0 N–H and O–H groups in total. The van der Waals surface area contributed by atoms with Gasteiger partial charge in [0.25, 0.3) is 0 Å². The van der Waals surface area contributed by atoms with Crippen molar-refractivity contribution in [3.05, 3.63) is 0 Å². The zero-order valence-electron chi connectivity index (χ0n) is 7.39. The Morgan fingerprint density at radius 3 is 1.50 bits per heavy atom. The van der Waals surface area contributed by atoms with Gasteiger partial charge in [0.15, 0.2) is 0 Å². The van der Waals surface area contributed by atoms with Crippen LogP contribution in [0.4, 0.5) is 0 Å². The summed E-state index contributed by atoms with van der Waals surface area (Å²) in [6.45, 7) is 11.0. The predicted octanol–water partition coefficient (Wildman–Crippen LogP) is 1.73. The molecule has 0 aliphatic rings. The van der Waals surface area contributed by atoms with E-state index in [2.05, 4.69) is 40.9 Å². The second kappa shape index (κ2) is 5.77. The van der Waals surface area contributed by atoms with Crippen molar-refractivity contribution in [1.82, 2.24) is 0 Å². The molecule has 0 spiro atoms. The van der Waals surface area contributed by atoms with Crippen LogP contribution in [-0.4, -0.2) is 38.6 Å². The average Bonchev–Trinajstić information content (AvgIpc) is 1.58. The van der Waals surface area contributed by atoms with E-state index in [0.717, 1.165) is 13.4 Å². The molecule has 58 valence electrons. The Hall–Kier alpha value is 1.17. The standard InChI is InChI=1S/C6H16B2Se2/c1-7(2)5-10(9)6-8(3)4/h5-6H2,1-4H3. The summed E-state index contributed by atoms with van der Waals surface area (Å²) in [6, 6.07) is 0. The van der Waals surface area contributed by atoms with Crippen LogP contribution in [0.5, 0.6) is 0 Å². The summed E-state index contributed by atoms with van der Waals surface area (Å²) < 4.78 is 0. The Morgan fingerprint density at radius 2 is 1.30 bits per heavy atom. The van der Waals surface area contributed by atoms with Crippen LogP contribution >= 0.6 is 0 Å². The minimum atomic E-state index is -0.319. The fraction of sp³-hybridized carbons (Fsp3) is 1.00. The van der Waals surface area contributed by atoms with Crippen LogP contribution in [0.25, 0.3) is 0 Å². The average molecular weight is 268 g/mol. The molecule has 0 aromatic rings. The Labute approximate surface area is 76.3 Å². The van der Waals surface area contributed by atoms with E-state index in [1.807, 2.05) is 0 Å². The first-order chi connectivity index (χ1) is 4.52. The molecule has 0 bridgehead atoms. The zero-order chi connectivity index (χ0) is 8.15. The molecule has 0 radical (unpaired) electrons. The summed E-state index contributed by atoms with van der Waals surface area (Å²) in [5.74, 6) is 0. The second-order valence-corrected chi connectivity index (χ2v) is 11.9. The topological polar surface area (TPSA) is 0 Å². The van der Waals surface area contributed by atoms with Gasteiger partial charge in [0.1, 0.15) is 0 Å². The third kappa shape index (κ3) is 7.28. The molecule has 10 heavy (non-hydrogen) atoms. The summed E-state index contributed by atoms with van der Waals surface area (Å²) in [5, 5.41) is 2.91. The van der Waals surface area contributed by atoms with Gasteiger partial charge in [0.2, 0.25) is 0 Å². The van der Waals surface area contributed by atoms with Gasteiger partial charge in [-0.05, 0) is 0 Å². The molecular weight excluding hydrogens is 252 g/mol. The van der Waals surface area contributed by atoms with Crippen molar-refractivity contribution in [2.45, 2.75) is 37.7 Å². The molecular formula is C6H16B2Se2. The van der Waals surface area contributed by atoms with E-state index in [0.29, 0.717) is 0 Å². The number of hydrogen-bond acceptors (Lipinski definition) is 0. The third-order valence-electron chi connectivity index (χ3n) is 1.04.